The Labute approximate surface area is 237 Å². The topological polar surface area (TPSA) is 179 Å². The summed E-state index contributed by atoms with van der Waals surface area (Å²) in [5, 5.41) is 22.4. The molecule has 0 saturated carbocycles. The maximum Gasteiger partial charge on any atom is 0.408 e. The van der Waals surface area contributed by atoms with Crippen molar-refractivity contribution in [3.8, 4) is 0 Å². The maximum absolute atomic E-state index is 11.5. The molecule has 216 valence electrons. The zero-order valence-corrected chi connectivity index (χ0v) is 24.2. The molecule has 0 unspecified atom stereocenters. The highest BCUT2D eigenvalue weighted by Gasteiger charge is 2.01. The van der Waals surface area contributed by atoms with E-state index in [4.69, 9.17) is 39.2 Å². The Morgan fingerprint density at radius 1 is 0.676 bits per heavy atom. The van der Waals surface area contributed by atoms with Crippen molar-refractivity contribution in [1.82, 2.24) is 10.6 Å². The second-order valence-electron chi connectivity index (χ2n) is 5.70. The molecule has 0 aromatic rings. The van der Waals surface area contributed by atoms with Crippen molar-refractivity contribution in [1.29, 1.82) is 0 Å². The predicted molar refractivity (Wildman–Crippen MR) is 151 cm³/mol. The highest BCUT2D eigenvalue weighted by molar-refractivity contribution is 8.00. The van der Waals surface area contributed by atoms with Crippen molar-refractivity contribution in [3.63, 3.8) is 0 Å². The molecule has 0 aliphatic heterocycles. The number of carbonyl (C=O) groups excluding carboxylic acids is 2. The number of thioether (sulfide) groups is 5. The molecule has 0 aliphatic carbocycles. The molecule has 0 fully saturated rings. The summed E-state index contributed by atoms with van der Waals surface area (Å²) in [5.41, 5.74) is 0. The van der Waals surface area contributed by atoms with Crippen LogP contribution in [-0.4, -0.2) is 120 Å². The zero-order valence-electron chi connectivity index (χ0n) is 20.2. The van der Waals surface area contributed by atoms with Crippen molar-refractivity contribution >= 4 is 83.8 Å². The van der Waals surface area contributed by atoms with Gasteiger partial charge in [0.05, 0.1) is 36.7 Å². The van der Waals surface area contributed by atoms with Crippen LogP contribution in [-0.2, 0) is 29.0 Å². The van der Waals surface area contributed by atoms with E-state index in [0.29, 0.717) is 53.1 Å². The van der Waals surface area contributed by atoms with Crippen LogP contribution in [0.4, 0.5) is 9.59 Å². The van der Waals surface area contributed by atoms with Crippen LogP contribution in [0, 0.1) is 0 Å². The van der Waals surface area contributed by atoms with Gasteiger partial charge in [0.1, 0.15) is 25.1 Å². The molecule has 0 atom stereocenters. The van der Waals surface area contributed by atoms with Crippen LogP contribution in [0.5, 0.6) is 0 Å². The molecule has 0 bridgehead atoms. The fraction of sp³-hybridized carbons (Fsp3) is 0.778. The summed E-state index contributed by atoms with van der Waals surface area (Å²) in [4.78, 5) is 49.9. The number of amides is 2. The van der Waals surface area contributed by atoms with Gasteiger partial charge in [-0.25, -0.2) is 19.6 Å². The second kappa shape index (κ2) is 31.3. The third kappa shape index (κ3) is 31.2. The third-order valence-electron chi connectivity index (χ3n) is 2.99. The SMILES string of the molecule is O=C(NCSC/N=C/OOCSCOC(=O)NCSCN=COOCCSCCO)OCCSCCO. The summed E-state index contributed by atoms with van der Waals surface area (Å²) in [6.07, 6.45) is 1.24. The van der Waals surface area contributed by atoms with Gasteiger partial charge in [-0.05, 0) is 0 Å². The smallest absolute Gasteiger partial charge is 0.408 e. The monoisotopic (exact) mass is 626 g/mol. The van der Waals surface area contributed by atoms with Gasteiger partial charge in [-0.1, -0.05) is 11.8 Å². The van der Waals surface area contributed by atoms with E-state index in [9.17, 15) is 9.59 Å². The lowest BCUT2D eigenvalue weighted by molar-refractivity contribution is -0.210. The van der Waals surface area contributed by atoms with Crippen molar-refractivity contribution < 1.29 is 48.8 Å². The summed E-state index contributed by atoms with van der Waals surface area (Å²) in [6.45, 7) is 0.928. The highest BCUT2D eigenvalue weighted by atomic mass is 32.2. The van der Waals surface area contributed by atoms with Gasteiger partial charge >= 0.3 is 12.2 Å². The van der Waals surface area contributed by atoms with Gasteiger partial charge in [0, 0.05) is 23.0 Å². The average molecular weight is 627 g/mol. The van der Waals surface area contributed by atoms with Crippen LogP contribution in [0.25, 0.3) is 0 Å². The normalized spacial score (nSPS) is 11.1. The predicted octanol–water partition coefficient (Wildman–Crippen LogP) is 1.79. The molecule has 0 spiro atoms. The Morgan fingerprint density at radius 2 is 1.24 bits per heavy atom. The van der Waals surface area contributed by atoms with E-state index in [1.165, 1.54) is 53.4 Å². The minimum atomic E-state index is -0.568. The number of hydrogen-bond acceptors (Lipinski definition) is 17. The Bertz CT molecular complexity index is 599. The number of alkyl carbamates (subject to hydrolysis) is 2. The fourth-order valence-electron chi connectivity index (χ4n) is 1.56. The molecule has 0 radical (unpaired) electrons. The van der Waals surface area contributed by atoms with E-state index in [1.54, 1.807) is 11.8 Å². The quantitative estimate of drug-likeness (QED) is 0.0272. The minimum Gasteiger partial charge on any atom is -0.449 e. The zero-order chi connectivity index (χ0) is 27.1. The molecular weight excluding hydrogens is 593 g/mol. The Balaban J connectivity index is 3.33. The first kappa shape index (κ1) is 36.1. The number of nitrogens with zero attached hydrogens (tertiary/aromatic N) is 2. The molecule has 4 N–H and O–H groups in total. The van der Waals surface area contributed by atoms with Gasteiger partial charge in [-0.15, -0.1) is 23.5 Å². The van der Waals surface area contributed by atoms with Crippen molar-refractivity contribution in [3.05, 3.63) is 0 Å². The van der Waals surface area contributed by atoms with E-state index < -0.39 is 12.2 Å². The Morgan fingerprint density at radius 3 is 1.86 bits per heavy atom. The molecule has 2 amide bonds. The van der Waals surface area contributed by atoms with Gasteiger partial charge in [-0.3, -0.25) is 0 Å². The van der Waals surface area contributed by atoms with Gasteiger partial charge in [-0.2, -0.15) is 33.3 Å². The van der Waals surface area contributed by atoms with E-state index in [1.807, 2.05) is 0 Å². The van der Waals surface area contributed by atoms with Crippen LogP contribution < -0.4 is 10.6 Å². The van der Waals surface area contributed by atoms with Crippen molar-refractivity contribution in [2.75, 3.05) is 84.8 Å². The Kier molecular flexibility index (Phi) is 30.5. The summed E-state index contributed by atoms with van der Waals surface area (Å²) in [7, 11) is 0. The van der Waals surface area contributed by atoms with Gasteiger partial charge in [0.15, 0.2) is 0 Å². The molecule has 0 saturated heterocycles. The lowest BCUT2D eigenvalue weighted by atomic mass is 10.8. The number of ether oxygens (including phenoxy) is 2. The molecule has 0 heterocycles. The van der Waals surface area contributed by atoms with Crippen LogP contribution >= 0.6 is 58.8 Å². The fourth-order valence-corrected chi connectivity index (χ4v) is 3.95. The van der Waals surface area contributed by atoms with Crippen LogP contribution in [0.1, 0.15) is 0 Å². The van der Waals surface area contributed by atoms with Gasteiger partial charge < -0.3 is 40.1 Å². The number of aliphatic hydroxyl groups is 2. The Hall–Kier alpha value is -0.930. The molecule has 0 aromatic heterocycles. The van der Waals surface area contributed by atoms with Gasteiger partial charge in [0.25, 0.3) is 0 Å². The lowest BCUT2D eigenvalue weighted by Gasteiger charge is -2.06. The van der Waals surface area contributed by atoms with E-state index in [0.717, 1.165) is 6.40 Å². The van der Waals surface area contributed by atoms with E-state index in [-0.39, 0.29) is 31.7 Å². The second-order valence-corrected chi connectivity index (χ2v) is 10.9. The van der Waals surface area contributed by atoms with Crippen LogP contribution in [0.3, 0.4) is 0 Å². The number of hydrogen-bond donors (Lipinski definition) is 4. The summed E-state index contributed by atoms with van der Waals surface area (Å²) < 4.78 is 9.89. The van der Waals surface area contributed by atoms with Crippen LogP contribution in [0.2, 0.25) is 0 Å². The number of nitrogens with one attached hydrogen (secondary N) is 2. The maximum atomic E-state index is 11.5. The average Bonchev–Trinajstić information content (AvgIpc) is 2.89. The minimum absolute atomic E-state index is 0.0780. The molecule has 14 nitrogen and oxygen atoms in total. The summed E-state index contributed by atoms with van der Waals surface area (Å²) in [5.74, 6) is 4.21. The van der Waals surface area contributed by atoms with Gasteiger partial charge in [0.2, 0.25) is 12.8 Å². The molecule has 19 heteroatoms. The number of rotatable bonds is 26. The number of carbonyl (C=O) groups is 2. The first-order valence-electron chi connectivity index (χ1n) is 10.7. The van der Waals surface area contributed by atoms with E-state index in [2.05, 4.69) is 20.6 Å². The van der Waals surface area contributed by atoms with Crippen LogP contribution in [0.15, 0.2) is 9.98 Å². The van der Waals surface area contributed by atoms with E-state index >= 15 is 0 Å². The van der Waals surface area contributed by atoms with Crippen molar-refractivity contribution in [2.45, 2.75) is 0 Å². The highest BCUT2D eigenvalue weighted by Crippen LogP contribution is 2.03. The first-order chi connectivity index (χ1) is 18.2. The number of aliphatic hydroxyl groups excluding tert-OH is 2. The molecule has 0 aliphatic rings. The van der Waals surface area contributed by atoms with Crippen molar-refractivity contribution in [2.24, 2.45) is 9.98 Å². The molecule has 0 aromatic carbocycles. The first-order valence-corrected chi connectivity index (χ1v) is 16.4. The standard InChI is InChI=1S/C18H34N4O10S5/c23-1-5-33-7-3-27-17(25)21-13-35-12-20-10-31-32-16-37-15-28-18(26)22-14-36-11-19-9-30-29-4-8-34-6-2-24/h9-10,23-24H,1-8,11-16H2,(H,21,25)(H,22,26)/b19-9?,20-10+. The lowest BCUT2D eigenvalue weighted by Crippen LogP contribution is -2.24. The number of aliphatic imine (C=N–C) groups is 2. The molecular formula is C18H34N4O10S5. The third-order valence-corrected chi connectivity index (χ3v) is 6.75. The largest absolute Gasteiger partial charge is 0.449 e. The molecule has 0 rings (SSSR count). The summed E-state index contributed by atoms with van der Waals surface area (Å²) in [6, 6.07) is 0. The summed E-state index contributed by atoms with van der Waals surface area (Å²) >= 11 is 6.92. The molecule has 37 heavy (non-hydrogen) atoms.